The van der Waals surface area contributed by atoms with Gasteiger partial charge in [0.05, 0.1) is 17.3 Å². The fraction of sp³-hybridized carbons (Fsp3) is 0.323. The molecule has 4 aromatic heterocycles. The first-order valence-electron chi connectivity index (χ1n) is 14.2. The molecule has 0 radical (unpaired) electrons. The van der Waals surface area contributed by atoms with Crippen molar-refractivity contribution in [1.82, 2.24) is 29.4 Å². The number of aromatic nitrogens is 4. The second kappa shape index (κ2) is 10.3. The molecule has 0 atom stereocenters. The molecule has 1 aromatic carbocycles. The number of likely N-dealkylation sites (N-methyl/N-ethyl adjacent to an activating group) is 1. The van der Waals surface area contributed by atoms with E-state index in [0.717, 1.165) is 91.3 Å². The lowest BCUT2D eigenvalue weighted by molar-refractivity contribution is 0.0726. The van der Waals surface area contributed by atoms with E-state index in [9.17, 15) is 4.79 Å². The molecule has 9 nitrogen and oxygen atoms in total. The summed E-state index contributed by atoms with van der Waals surface area (Å²) in [6, 6.07) is 16.8. The van der Waals surface area contributed by atoms with Crippen LogP contribution in [0.25, 0.3) is 27.7 Å². The number of carbonyl (C=O) groups excluding carboxylic acids is 1. The Hall–Kier alpha value is -4.37. The Balaban J connectivity index is 1.14. The number of benzene rings is 1. The number of H-pyrrole nitrogens is 1. The van der Waals surface area contributed by atoms with Gasteiger partial charge in [0.2, 0.25) is 0 Å². The van der Waals surface area contributed by atoms with Crippen LogP contribution in [0.4, 0.5) is 17.2 Å². The second-order valence-electron chi connectivity index (χ2n) is 10.9. The zero-order valence-corrected chi connectivity index (χ0v) is 22.8. The van der Waals surface area contributed by atoms with Crippen molar-refractivity contribution in [3.63, 3.8) is 0 Å². The Bertz CT molecular complexity index is 1670. The highest BCUT2D eigenvalue weighted by atomic mass is 16.2. The molecule has 2 saturated heterocycles. The van der Waals surface area contributed by atoms with E-state index in [0.29, 0.717) is 5.56 Å². The largest absolute Gasteiger partial charge is 0.369 e. The maximum Gasteiger partial charge on any atom is 0.257 e. The summed E-state index contributed by atoms with van der Waals surface area (Å²) in [5.74, 6) is 0.858. The van der Waals surface area contributed by atoms with Crippen molar-refractivity contribution in [2.24, 2.45) is 0 Å². The highest BCUT2D eigenvalue weighted by molar-refractivity contribution is 6.02. The number of nitrogens with zero attached hydrogens (tertiary/aromatic N) is 6. The number of likely N-dealkylation sites (tertiary alicyclic amines) is 1. The molecule has 6 heterocycles. The third kappa shape index (κ3) is 4.66. The van der Waals surface area contributed by atoms with E-state index in [1.165, 1.54) is 12.1 Å². The van der Waals surface area contributed by atoms with Gasteiger partial charge in [-0.05, 0) is 74.3 Å². The van der Waals surface area contributed by atoms with Gasteiger partial charge in [-0.2, -0.15) is 5.10 Å². The maximum absolute atomic E-state index is 13.2. The van der Waals surface area contributed by atoms with E-state index in [-0.39, 0.29) is 5.91 Å². The van der Waals surface area contributed by atoms with Crippen molar-refractivity contribution < 1.29 is 4.79 Å². The highest BCUT2D eigenvalue weighted by Crippen LogP contribution is 2.31. The summed E-state index contributed by atoms with van der Waals surface area (Å²) in [7, 11) is 2.17. The molecule has 2 aliphatic heterocycles. The number of rotatable bonds is 5. The summed E-state index contributed by atoms with van der Waals surface area (Å²) in [5, 5.41) is 8.96. The minimum atomic E-state index is 0.0693. The van der Waals surface area contributed by atoms with Crippen LogP contribution in [-0.4, -0.2) is 81.6 Å². The summed E-state index contributed by atoms with van der Waals surface area (Å²) in [5.41, 5.74) is 6.62. The number of carbonyl (C=O) groups is 1. The van der Waals surface area contributed by atoms with E-state index in [2.05, 4.69) is 68.6 Å². The molecule has 0 saturated carbocycles. The molecule has 0 unspecified atom stereocenters. The summed E-state index contributed by atoms with van der Waals surface area (Å²) in [6.45, 7) is 5.87. The molecule has 2 aliphatic rings. The predicted octanol–water partition coefficient (Wildman–Crippen LogP) is 5.00. The fourth-order valence-electron chi connectivity index (χ4n) is 5.89. The zero-order chi connectivity index (χ0) is 27.1. The number of fused-ring (bicyclic) bond motifs is 2. The van der Waals surface area contributed by atoms with E-state index < -0.39 is 0 Å². The minimum absolute atomic E-state index is 0.0693. The number of amides is 1. The molecule has 0 aliphatic carbocycles. The van der Waals surface area contributed by atoms with Gasteiger partial charge in [0.25, 0.3) is 5.91 Å². The van der Waals surface area contributed by atoms with Crippen LogP contribution in [0.15, 0.2) is 67.1 Å². The van der Waals surface area contributed by atoms with E-state index in [1.807, 2.05) is 29.4 Å². The van der Waals surface area contributed by atoms with Crippen LogP contribution in [-0.2, 0) is 0 Å². The molecule has 40 heavy (non-hydrogen) atoms. The van der Waals surface area contributed by atoms with Crippen LogP contribution in [0, 0.1) is 0 Å². The average molecular weight is 535 g/mol. The fourth-order valence-corrected chi connectivity index (χ4v) is 5.89. The Kier molecular flexibility index (Phi) is 6.36. The first-order valence-corrected chi connectivity index (χ1v) is 14.2. The SMILES string of the molecule is CN1CCN(c2cccc(Nc3ccc4c(-c5ccn6ncc(C(=O)N7CCCCC7)c6c5)c[nH]c4n3)c2)CC1. The number of piperazine rings is 1. The third-order valence-electron chi connectivity index (χ3n) is 8.23. The average Bonchev–Trinajstić information content (AvgIpc) is 3.61. The Morgan fingerprint density at radius 3 is 2.65 bits per heavy atom. The van der Waals surface area contributed by atoms with Gasteiger partial charge in [-0.15, -0.1) is 0 Å². The van der Waals surface area contributed by atoms with Gasteiger partial charge in [0.15, 0.2) is 0 Å². The van der Waals surface area contributed by atoms with Gasteiger partial charge in [0.1, 0.15) is 11.5 Å². The number of hydrogen-bond acceptors (Lipinski definition) is 6. The van der Waals surface area contributed by atoms with Crippen LogP contribution >= 0.6 is 0 Å². The van der Waals surface area contributed by atoms with Crippen molar-refractivity contribution in [2.75, 3.05) is 56.5 Å². The lowest BCUT2D eigenvalue weighted by Crippen LogP contribution is -2.44. The van der Waals surface area contributed by atoms with Gasteiger partial charge < -0.3 is 25.0 Å². The van der Waals surface area contributed by atoms with E-state index in [1.54, 1.807) is 10.7 Å². The minimum Gasteiger partial charge on any atom is -0.369 e. The maximum atomic E-state index is 13.2. The third-order valence-corrected chi connectivity index (χ3v) is 8.23. The number of anilines is 3. The summed E-state index contributed by atoms with van der Waals surface area (Å²) < 4.78 is 1.78. The van der Waals surface area contributed by atoms with Gasteiger partial charge in [-0.25, -0.2) is 9.50 Å². The Labute approximate surface area is 233 Å². The van der Waals surface area contributed by atoms with Crippen LogP contribution < -0.4 is 10.2 Å². The van der Waals surface area contributed by atoms with Crippen molar-refractivity contribution in [1.29, 1.82) is 0 Å². The summed E-state index contributed by atoms with van der Waals surface area (Å²) >= 11 is 0. The summed E-state index contributed by atoms with van der Waals surface area (Å²) in [6.07, 6.45) is 8.94. The number of nitrogens with one attached hydrogen (secondary N) is 2. The van der Waals surface area contributed by atoms with Crippen molar-refractivity contribution >= 4 is 39.6 Å². The standard InChI is InChI=1S/C31H34N8O/c1-36-14-16-37(17-15-36)24-7-5-6-23(19-24)34-29-9-8-25-26(20-32-30(25)35-29)22-10-13-39-28(18-22)27(21-33-39)31(40)38-11-3-2-4-12-38/h5-10,13,18-21H,2-4,11-12,14-17H2,1H3,(H2,32,34,35). The Morgan fingerprint density at radius 1 is 0.950 bits per heavy atom. The lowest BCUT2D eigenvalue weighted by atomic mass is 10.1. The van der Waals surface area contributed by atoms with Gasteiger partial charge >= 0.3 is 0 Å². The molecule has 9 heteroatoms. The van der Waals surface area contributed by atoms with Gasteiger partial charge in [-0.1, -0.05) is 6.07 Å². The molecule has 0 bridgehead atoms. The molecular weight excluding hydrogens is 500 g/mol. The molecule has 1 amide bonds. The van der Waals surface area contributed by atoms with Gasteiger partial charge in [0, 0.05) is 74.0 Å². The number of piperidine rings is 1. The normalized spacial score (nSPS) is 16.6. The quantitative estimate of drug-likeness (QED) is 0.330. The highest BCUT2D eigenvalue weighted by Gasteiger charge is 2.22. The van der Waals surface area contributed by atoms with Crippen LogP contribution in [0.3, 0.4) is 0 Å². The van der Waals surface area contributed by atoms with E-state index >= 15 is 0 Å². The van der Waals surface area contributed by atoms with Crippen LogP contribution in [0.1, 0.15) is 29.6 Å². The number of aromatic amines is 1. The first kappa shape index (κ1) is 24.7. The van der Waals surface area contributed by atoms with Gasteiger partial charge in [-0.3, -0.25) is 4.79 Å². The topological polar surface area (TPSA) is 84.8 Å². The zero-order valence-electron chi connectivity index (χ0n) is 22.8. The number of pyridine rings is 2. The number of hydrogen-bond donors (Lipinski definition) is 2. The van der Waals surface area contributed by atoms with Crippen molar-refractivity contribution in [3.8, 4) is 11.1 Å². The molecule has 0 spiro atoms. The molecular formula is C31H34N8O. The molecule has 204 valence electrons. The first-order chi connectivity index (χ1) is 19.6. The molecule has 7 rings (SSSR count). The Morgan fingerprint density at radius 2 is 1.80 bits per heavy atom. The van der Waals surface area contributed by atoms with Crippen LogP contribution in [0.5, 0.6) is 0 Å². The molecule has 2 N–H and O–H groups in total. The smallest absolute Gasteiger partial charge is 0.257 e. The summed E-state index contributed by atoms with van der Waals surface area (Å²) in [4.78, 5) is 28.2. The second-order valence-corrected chi connectivity index (χ2v) is 10.9. The van der Waals surface area contributed by atoms with Crippen molar-refractivity contribution in [2.45, 2.75) is 19.3 Å². The lowest BCUT2D eigenvalue weighted by Gasteiger charge is -2.34. The molecule has 5 aromatic rings. The molecule has 2 fully saturated rings. The van der Waals surface area contributed by atoms with E-state index in [4.69, 9.17) is 4.98 Å². The monoisotopic (exact) mass is 534 g/mol. The van der Waals surface area contributed by atoms with Crippen molar-refractivity contribution in [3.05, 3.63) is 72.7 Å². The predicted molar refractivity (Wildman–Crippen MR) is 159 cm³/mol. The van der Waals surface area contributed by atoms with Crippen LogP contribution in [0.2, 0.25) is 0 Å².